The SMILES string of the molecule is CC#CCOc1c(-c2ccccc2C(F)(F)F)oc2ccccc2c1=O. The molecule has 132 valence electrons. The van der Waals surface area contributed by atoms with Crippen LogP contribution < -0.4 is 10.2 Å². The molecule has 0 spiro atoms. The Hall–Kier alpha value is -3.20. The first kappa shape index (κ1) is 17.6. The summed E-state index contributed by atoms with van der Waals surface area (Å²) in [5.41, 5.74) is -1.54. The Balaban J connectivity index is 2.33. The Morgan fingerprint density at radius 1 is 1.08 bits per heavy atom. The minimum absolute atomic E-state index is 0.138. The average molecular weight is 358 g/mol. The number of hydrogen-bond acceptors (Lipinski definition) is 3. The molecule has 0 radical (unpaired) electrons. The van der Waals surface area contributed by atoms with E-state index in [1.807, 2.05) is 0 Å². The van der Waals surface area contributed by atoms with E-state index >= 15 is 0 Å². The maximum Gasteiger partial charge on any atom is 0.417 e. The van der Waals surface area contributed by atoms with Crippen LogP contribution in [-0.2, 0) is 6.18 Å². The lowest BCUT2D eigenvalue weighted by molar-refractivity contribution is -0.137. The molecule has 0 amide bonds. The first-order valence-electron chi connectivity index (χ1n) is 7.68. The highest BCUT2D eigenvalue weighted by molar-refractivity contribution is 5.82. The fraction of sp³-hybridized carbons (Fsp3) is 0.150. The van der Waals surface area contributed by atoms with Gasteiger partial charge in [-0.3, -0.25) is 4.79 Å². The number of fused-ring (bicyclic) bond motifs is 1. The van der Waals surface area contributed by atoms with E-state index in [1.54, 1.807) is 19.1 Å². The Morgan fingerprint density at radius 3 is 2.50 bits per heavy atom. The largest absolute Gasteiger partial charge is 0.473 e. The third kappa shape index (κ3) is 3.29. The molecule has 0 aliphatic carbocycles. The van der Waals surface area contributed by atoms with Gasteiger partial charge in [-0.2, -0.15) is 13.2 Å². The molecule has 0 atom stereocenters. The number of halogens is 3. The van der Waals surface area contributed by atoms with Crippen LogP contribution in [0.1, 0.15) is 12.5 Å². The summed E-state index contributed by atoms with van der Waals surface area (Å²) in [6, 6.07) is 11.2. The summed E-state index contributed by atoms with van der Waals surface area (Å²) in [6.45, 7) is 1.45. The minimum atomic E-state index is -4.61. The summed E-state index contributed by atoms with van der Waals surface area (Å²) in [6.07, 6.45) is -4.61. The van der Waals surface area contributed by atoms with Gasteiger partial charge in [0, 0.05) is 5.56 Å². The molecule has 2 aromatic carbocycles. The highest BCUT2D eigenvalue weighted by Gasteiger charge is 2.35. The van der Waals surface area contributed by atoms with Gasteiger partial charge in [0.25, 0.3) is 0 Å². The molecule has 3 rings (SSSR count). The lowest BCUT2D eigenvalue weighted by atomic mass is 10.0. The van der Waals surface area contributed by atoms with Gasteiger partial charge in [0.05, 0.1) is 10.9 Å². The molecule has 0 N–H and O–H groups in total. The molecule has 0 unspecified atom stereocenters. The van der Waals surface area contributed by atoms with Crippen molar-refractivity contribution in [2.24, 2.45) is 0 Å². The first-order valence-corrected chi connectivity index (χ1v) is 7.68. The Labute approximate surface area is 147 Å². The van der Waals surface area contributed by atoms with Crippen molar-refractivity contribution in [2.75, 3.05) is 6.61 Å². The van der Waals surface area contributed by atoms with E-state index < -0.39 is 17.2 Å². The lowest BCUT2D eigenvalue weighted by Gasteiger charge is -2.15. The van der Waals surface area contributed by atoms with Gasteiger partial charge in [0.2, 0.25) is 11.2 Å². The average Bonchev–Trinajstić information content (AvgIpc) is 2.63. The second kappa shape index (κ2) is 6.96. The smallest absolute Gasteiger partial charge is 0.417 e. The molecule has 3 nitrogen and oxygen atoms in total. The predicted octanol–water partition coefficient (Wildman–Crippen LogP) is 4.88. The molecular weight excluding hydrogens is 345 g/mol. The Bertz CT molecular complexity index is 1070. The van der Waals surface area contributed by atoms with Gasteiger partial charge in [0.1, 0.15) is 12.2 Å². The molecule has 0 saturated carbocycles. The van der Waals surface area contributed by atoms with Crippen LogP contribution >= 0.6 is 0 Å². The van der Waals surface area contributed by atoms with Crippen molar-refractivity contribution in [1.29, 1.82) is 0 Å². The van der Waals surface area contributed by atoms with E-state index in [0.717, 1.165) is 6.07 Å². The van der Waals surface area contributed by atoms with E-state index in [1.165, 1.54) is 30.3 Å². The number of hydrogen-bond donors (Lipinski definition) is 0. The highest BCUT2D eigenvalue weighted by atomic mass is 19.4. The number of alkyl halides is 3. The summed E-state index contributed by atoms with van der Waals surface area (Å²) in [4.78, 5) is 12.8. The van der Waals surface area contributed by atoms with Crippen LogP contribution in [0.25, 0.3) is 22.3 Å². The molecule has 0 aliphatic heterocycles. The summed E-state index contributed by atoms with van der Waals surface area (Å²) in [5.74, 6) is 4.67. The summed E-state index contributed by atoms with van der Waals surface area (Å²) in [5, 5.41) is 0.222. The standard InChI is InChI=1S/C20H13F3O3/c1-2-3-12-25-19-17(24)14-9-5-7-11-16(14)26-18(19)13-8-4-6-10-15(13)20(21,22)23/h4-11H,12H2,1H3. The normalized spacial score (nSPS) is 11.1. The van der Waals surface area contributed by atoms with Gasteiger partial charge in [-0.25, -0.2) is 0 Å². The van der Waals surface area contributed by atoms with Crippen molar-refractivity contribution in [2.45, 2.75) is 13.1 Å². The van der Waals surface area contributed by atoms with Crippen molar-refractivity contribution in [3.63, 3.8) is 0 Å². The second-order valence-corrected chi connectivity index (χ2v) is 5.34. The summed E-state index contributed by atoms with van der Waals surface area (Å²) in [7, 11) is 0. The van der Waals surface area contributed by atoms with Crippen molar-refractivity contribution in [1.82, 2.24) is 0 Å². The van der Waals surface area contributed by atoms with Gasteiger partial charge < -0.3 is 9.15 Å². The van der Waals surface area contributed by atoms with Crippen LogP contribution in [0.5, 0.6) is 5.75 Å². The molecule has 26 heavy (non-hydrogen) atoms. The van der Waals surface area contributed by atoms with Gasteiger partial charge in [0.15, 0.2) is 5.76 Å². The quantitative estimate of drug-likeness (QED) is 0.627. The molecule has 3 aromatic rings. The highest BCUT2D eigenvalue weighted by Crippen LogP contribution is 2.40. The maximum atomic E-state index is 13.4. The Morgan fingerprint density at radius 2 is 1.77 bits per heavy atom. The van der Waals surface area contributed by atoms with Crippen LogP contribution in [0.3, 0.4) is 0 Å². The van der Waals surface area contributed by atoms with Gasteiger partial charge >= 0.3 is 6.18 Å². The Kier molecular flexibility index (Phi) is 4.72. The second-order valence-electron chi connectivity index (χ2n) is 5.34. The maximum absolute atomic E-state index is 13.4. The minimum Gasteiger partial charge on any atom is -0.473 e. The monoisotopic (exact) mass is 358 g/mol. The third-order valence-corrected chi connectivity index (χ3v) is 3.70. The lowest BCUT2D eigenvalue weighted by Crippen LogP contribution is -2.12. The summed E-state index contributed by atoms with van der Waals surface area (Å²) < 4.78 is 51.3. The molecule has 1 aromatic heterocycles. The van der Waals surface area contributed by atoms with Crippen molar-refractivity contribution >= 4 is 11.0 Å². The van der Waals surface area contributed by atoms with Crippen molar-refractivity contribution in [3.05, 3.63) is 64.3 Å². The fourth-order valence-corrected chi connectivity index (χ4v) is 2.54. The first-order chi connectivity index (χ1) is 12.4. The number of ether oxygens (including phenoxy) is 1. The number of benzene rings is 2. The van der Waals surface area contributed by atoms with Crippen LogP contribution in [-0.4, -0.2) is 6.61 Å². The van der Waals surface area contributed by atoms with Gasteiger partial charge in [-0.1, -0.05) is 36.3 Å². The van der Waals surface area contributed by atoms with E-state index in [-0.39, 0.29) is 34.6 Å². The van der Waals surface area contributed by atoms with E-state index in [9.17, 15) is 18.0 Å². The van der Waals surface area contributed by atoms with Gasteiger partial charge in [-0.15, -0.1) is 5.92 Å². The van der Waals surface area contributed by atoms with E-state index in [4.69, 9.17) is 9.15 Å². The van der Waals surface area contributed by atoms with Crippen LogP contribution in [0, 0.1) is 11.8 Å². The molecule has 0 saturated heterocycles. The fourth-order valence-electron chi connectivity index (χ4n) is 2.54. The van der Waals surface area contributed by atoms with Gasteiger partial charge in [-0.05, 0) is 25.1 Å². The van der Waals surface area contributed by atoms with E-state index in [0.29, 0.717) is 0 Å². The zero-order valence-corrected chi connectivity index (χ0v) is 13.7. The third-order valence-electron chi connectivity index (χ3n) is 3.70. The van der Waals surface area contributed by atoms with Crippen LogP contribution in [0.4, 0.5) is 13.2 Å². The van der Waals surface area contributed by atoms with Crippen LogP contribution in [0.2, 0.25) is 0 Å². The summed E-state index contributed by atoms with van der Waals surface area (Å²) >= 11 is 0. The predicted molar refractivity (Wildman–Crippen MR) is 91.9 cm³/mol. The zero-order valence-electron chi connectivity index (χ0n) is 13.7. The van der Waals surface area contributed by atoms with Crippen molar-refractivity contribution < 1.29 is 22.3 Å². The molecular formula is C20H13F3O3. The van der Waals surface area contributed by atoms with Crippen LogP contribution in [0.15, 0.2) is 57.7 Å². The molecule has 0 aliphatic rings. The van der Waals surface area contributed by atoms with E-state index in [2.05, 4.69) is 11.8 Å². The zero-order chi connectivity index (χ0) is 18.7. The number of para-hydroxylation sites is 1. The number of rotatable bonds is 3. The molecule has 1 heterocycles. The molecule has 6 heteroatoms. The molecule has 0 fully saturated rings. The topological polar surface area (TPSA) is 39.4 Å². The van der Waals surface area contributed by atoms with Crippen molar-refractivity contribution in [3.8, 4) is 28.9 Å². The molecule has 0 bridgehead atoms.